The number of fused-ring (bicyclic) bond motifs is 2. The molecule has 3 amide bonds. The van der Waals surface area contributed by atoms with Crippen molar-refractivity contribution >= 4 is 74.5 Å². The number of aromatic hydroxyl groups is 1. The van der Waals surface area contributed by atoms with Crippen molar-refractivity contribution in [2.45, 2.75) is 129 Å². The quantitative estimate of drug-likeness (QED) is 0.0131. The number of hydrogen-bond donors (Lipinski definition) is 14. The van der Waals surface area contributed by atoms with Crippen molar-refractivity contribution in [3.63, 3.8) is 0 Å². The fourth-order valence-electron chi connectivity index (χ4n) is 10.6. The summed E-state index contributed by atoms with van der Waals surface area (Å²) in [6.07, 6.45) is -18.1. The third kappa shape index (κ3) is 16.3. The van der Waals surface area contributed by atoms with Crippen LogP contribution >= 0.6 is 21.6 Å². The molecular weight excluding hydrogens is 1210 g/mol. The molecule has 1 unspecified atom stereocenters. The van der Waals surface area contributed by atoms with Crippen LogP contribution in [0, 0.1) is 17.6 Å². The number of nitrogens with zero attached hydrogens (tertiary/aromatic N) is 1. The van der Waals surface area contributed by atoms with Crippen LogP contribution in [0.4, 0.5) is 8.78 Å². The molecule has 4 aliphatic rings. The number of phenols is 1. The fourth-order valence-corrected chi connectivity index (χ4v) is 12.5. The Labute approximate surface area is 505 Å². The highest BCUT2D eigenvalue weighted by atomic mass is 33.1. The molecule has 0 bridgehead atoms. The Morgan fingerprint density at radius 1 is 0.818 bits per heavy atom. The molecule has 4 heterocycles. The van der Waals surface area contributed by atoms with E-state index in [0.717, 1.165) is 36.4 Å². The van der Waals surface area contributed by atoms with Gasteiger partial charge in [-0.2, -0.15) is 0 Å². The van der Waals surface area contributed by atoms with E-state index in [1.165, 1.54) is 27.7 Å². The number of hydrogen-bond acceptors (Lipinski definition) is 24. The van der Waals surface area contributed by atoms with E-state index in [9.17, 15) is 103 Å². The van der Waals surface area contributed by atoms with Crippen LogP contribution in [0.2, 0.25) is 0 Å². The number of phenolic OH excluding ortho intramolecular Hbond substituents is 1. The minimum Gasteiger partial charge on any atom is -0.505 e. The van der Waals surface area contributed by atoms with Crippen LogP contribution in [0.15, 0.2) is 81.1 Å². The second kappa shape index (κ2) is 30.3. The molecule has 12 atom stereocenters. The first-order valence-corrected chi connectivity index (χ1v) is 29.7. The van der Waals surface area contributed by atoms with Gasteiger partial charge in [0.1, 0.15) is 52.7 Å². The molecule has 0 radical (unpaired) electrons. The van der Waals surface area contributed by atoms with Crippen molar-refractivity contribution in [3.8, 4) is 28.2 Å². The second-order valence-corrected chi connectivity index (χ2v) is 23.5. The molecule has 1 aromatic heterocycles. The molecule has 2 saturated heterocycles. The van der Waals surface area contributed by atoms with Crippen LogP contribution in [0.3, 0.4) is 0 Å². The number of nitrogens with one attached hydrogen (secondary N) is 3. The van der Waals surface area contributed by atoms with Crippen molar-refractivity contribution < 1.29 is 117 Å². The van der Waals surface area contributed by atoms with Gasteiger partial charge >= 0.3 is 11.9 Å². The number of benzene rings is 3. The number of unbranched alkanes of at least 4 members (excludes halogenated alkanes) is 2. The average molecular weight is 1280 g/mol. The third-order valence-electron chi connectivity index (χ3n) is 15.0. The number of aliphatic hydroxyl groups excluding tert-OH is 8. The Kier molecular flexibility index (Phi) is 23.5. The number of rotatable bonds is 30. The summed E-state index contributed by atoms with van der Waals surface area (Å²) in [4.78, 5) is 107. The molecule has 31 heteroatoms. The molecule has 27 nitrogen and oxygen atoms in total. The van der Waals surface area contributed by atoms with Crippen molar-refractivity contribution in [1.82, 2.24) is 20.9 Å². The van der Waals surface area contributed by atoms with E-state index in [0.29, 0.717) is 10.8 Å². The number of carbonyl (C=O) groups is 7. The lowest BCUT2D eigenvalue weighted by Gasteiger charge is -2.52. The first-order chi connectivity index (χ1) is 41.8. The summed E-state index contributed by atoms with van der Waals surface area (Å²) in [5.41, 5.74) is -5.14. The number of aliphatic hydroxyl groups is 8. The van der Waals surface area contributed by atoms with Gasteiger partial charge < -0.3 is 90.7 Å². The number of halogens is 2. The van der Waals surface area contributed by atoms with Crippen molar-refractivity contribution in [3.05, 3.63) is 99.8 Å². The van der Waals surface area contributed by atoms with Crippen LogP contribution in [0.5, 0.6) is 5.75 Å². The normalized spacial score (nSPS) is 23.3. The van der Waals surface area contributed by atoms with E-state index >= 15 is 0 Å². The molecule has 2 fully saturated rings. The molecule has 476 valence electrons. The zero-order valence-electron chi connectivity index (χ0n) is 46.4. The second-order valence-electron chi connectivity index (χ2n) is 21.1. The number of aromatic carboxylic acids is 1. The van der Waals surface area contributed by atoms with E-state index in [-0.39, 0.29) is 84.1 Å². The van der Waals surface area contributed by atoms with Gasteiger partial charge in [0, 0.05) is 90.7 Å². The number of carboxylic acid groups (broad SMARTS) is 2. The molecule has 88 heavy (non-hydrogen) atoms. The highest BCUT2D eigenvalue weighted by molar-refractivity contribution is 8.76. The summed E-state index contributed by atoms with van der Waals surface area (Å²) in [5, 5.41) is 126. The number of amides is 3. The average Bonchev–Trinajstić information content (AvgIpc) is 0.832. The van der Waals surface area contributed by atoms with Crippen molar-refractivity contribution in [2.75, 3.05) is 32.1 Å². The molecular formula is C57H64F2N4O23S2. The van der Waals surface area contributed by atoms with E-state index < -0.39 is 181 Å². The van der Waals surface area contributed by atoms with Crippen LogP contribution in [0.1, 0.15) is 78.5 Å². The lowest BCUT2D eigenvalue weighted by atomic mass is 9.75. The fraction of sp³-hybridized carbons (Fsp3) is 0.456. The molecule has 3 aromatic rings. The maximum absolute atomic E-state index is 14.8. The van der Waals surface area contributed by atoms with Gasteiger partial charge in [-0.25, -0.2) is 23.4 Å². The Morgan fingerprint density at radius 3 is 2.22 bits per heavy atom. The minimum atomic E-state index is -2.85. The molecule has 2 aromatic carbocycles. The van der Waals surface area contributed by atoms with E-state index in [1.54, 1.807) is 24.4 Å². The number of Topliss-reactive ketones (excluding diaryl/α,β-unsaturated/α-hetero) is 1. The Hall–Kier alpha value is -7.27. The highest BCUT2D eigenvalue weighted by Crippen LogP contribution is 2.47. The summed E-state index contributed by atoms with van der Waals surface area (Å²) < 4.78 is 52.6. The number of pyridine rings is 1. The van der Waals surface area contributed by atoms with Crippen molar-refractivity contribution in [1.29, 1.82) is 0 Å². The Morgan fingerprint density at radius 2 is 1.55 bits per heavy atom. The van der Waals surface area contributed by atoms with Crippen LogP contribution in [0.25, 0.3) is 33.4 Å². The predicted molar refractivity (Wildman–Crippen MR) is 303 cm³/mol. The number of aliphatic carboxylic acids is 1. The van der Waals surface area contributed by atoms with Gasteiger partial charge in [-0.05, 0) is 71.7 Å². The number of aromatic nitrogens is 1. The van der Waals surface area contributed by atoms with Gasteiger partial charge in [-0.1, -0.05) is 23.3 Å². The zero-order valence-corrected chi connectivity index (χ0v) is 48.1. The first-order valence-electron chi connectivity index (χ1n) is 27.4. The third-order valence-corrected chi connectivity index (χ3v) is 17.2. The summed E-state index contributed by atoms with van der Waals surface area (Å²) >= 11 is 0. The number of ether oxygens (including phenoxy) is 3. The molecule has 14 N–H and O–H groups in total. The predicted octanol–water partition coefficient (Wildman–Crippen LogP) is 0.750. The van der Waals surface area contributed by atoms with E-state index in [1.807, 2.05) is 0 Å². The SMILES string of the molecule is O=CO[C@@]1(C[C@]2(C(=O)O)CC(O)[C@@H](NC(=O)CNC(=O)CCSSc3ccccn3)[C@H]([C@H](O)[C@H](O)CO)O2)C[C@H](O)[C@@H](CC(=O)CCCCCNC(=O)c2ccc(C(=O)O)c(-c3c4cc(F)c(=O)cc-4oc4cc(O)c(F)cc34)c2)[C@H]([C@H](O)[C@H](O)CO)O1. The van der Waals surface area contributed by atoms with E-state index in [2.05, 4.69) is 20.9 Å². The topological polar surface area (TPSA) is 449 Å². The summed E-state index contributed by atoms with van der Waals surface area (Å²) in [7, 11) is 2.64. The molecule has 1 aliphatic carbocycles. The number of ketones is 1. The smallest absolute Gasteiger partial charge is 0.336 e. The monoisotopic (exact) mass is 1270 g/mol. The highest BCUT2D eigenvalue weighted by Gasteiger charge is 2.62. The lowest BCUT2D eigenvalue weighted by molar-refractivity contribution is -0.334. The van der Waals surface area contributed by atoms with Gasteiger partial charge in [0.25, 0.3) is 12.4 Å². The minimum absolute atomic E-state index is 0.00831. The Bertz CT molecular complexity index is 3370. The van der Waals surface area contributed by atoms with E-state index in [4.69, 9.17) is 18.6 Å². The first kappa shape index (κ1) is 68.2. The Balaban J connectivity index is 0.991. The summed E-state index contributed by atoms with van der Waals surface area (Å²) in [5.74, 6) is -13.5. The molecule has 7 rings (SSSR count). The van der Waals surface area contributed by atoms with Gasteiger partial charge in [0.2, 0.25) is 23.0 Å². The zero-order chi connectivity index (χ0) is 64.2. The van der Waals surface area contributed by atoms with Gasteiger partial charge in [-0.15, -0.1) is 0 Å². The summed E-state index contributed by atoms with van der Waals surface area (Å²) in [6, 6.07) is 10.2. The maximum atomic E-state index is 14.8. The maximum Gasteiger partial charge on any atom is 0.336 e. The largest absolute Gasteiger partial charge is 0.505 e. The van der Waals surface area contributed by atoms with Gasteiger partial charge in [-0.3, -0.25) is 28.8 Å². The molecule has 0 saturated carbocycles. The van der Waals surface area contributed by atoms with Crippen LogP contribution in [-0.4, -0.2) is 201 Å². The number of carbonyl (C=O) groups excluding carboxylic acids is 5. The summed E-state index contributed by atoms with van der Waals surface area (Å²) in [6.45, 7) is -3.19. The van der Waals surface area contributed by atoms with Gasteiger partial charge in [0.15, 0.2) is 23.0 Å². The molecule has 3 aliphatic heterocycles. The lowest BCUT2D eigenvalue weighted by Crippen LogP contribution is -2.70. The van der Waals surface area contributed by atoms with Crippen LogP contribution < -0.4 is 21.4 Å². The van der Waals surface area contributed by atoms with Crippen molar-refractivity contribution in [2.24, 2.45) is 5.92 Å². The molecule has 0 spiro atoms. The van der Waals surface area contributed by atoms with Gasteiger partial charge in [0.05, 0.1) is 56.1 Å². The van der Waals surface area contributed by atoms with Crippen LogP contribution in [-0.2, 0) is 38.2 Å². The number of carboxylic acids is 2. The standard InChI is InChI=1S/C57H64F2N4O23S2/c58-34-16-32-42(18-36(34)68)84-43-19-37(69)35(59)17-33(43)47(32)30-14-27(8-9-29(30)54(79)80)53(78)61-12-4-1-2-6-28(67)15-31-38(70)21-57(83-26-66,86-51(31)49(76)40(72)23-64)25-56(55(81)82)20-39(71)48(52(85-56)50(77)41(73)24-65)63-45(75)22-62-44(74)10-13-87-88-46-7-3-5-11-60-46/h3,5,7-9,11,14,16-19,26,31,38-41,48-52,64-65,68,70-73,76-77H,1-2,4,6,10,12-13,15,20-25H2,(H,61,78)(H,62,74)(H,63,75)(H,79,80)(H,81,82)/t31-,38+,39?,40-,41-,48-,49-,50-,51-,52-,56+,57+/m1/s1.